The van der Waals surface area contributed by atoms with Crippen LogP contribution in [0.5, 0.6) is 0 Å². The molecular weight excluding hydrogens is 318 g/mol. The Morgan fingerprint density at radius 1 is 1.15 bits per heavy atom. The zero-order valence-electron chi connectivity index (χ0n) is 17.6. The van der Waals surface area contributed by atoms with E-state index < -0.39 is 0 Å². The van der Waals surface area contributed by atoms with Crippen molar-refractivity contribution < 1.29 is 5.11 Å². The molecule has 3 saturated carbocycles. The number of allylic oxidation sites excluding steroid dienone is 1. The number of nitrogens with one attached hydrogen (secondary N) is 1. The van der Waals surface area contributed by atoms with Gasteiger partial charge >= 0.3 is 0 Å². The van der Waals surface area contributed by atoms with Gasteiger partial charge in [0, 0.05) is 6.04 Å². The minimum absolute atomic E-state index is 0.0823. The van der Waals surface area contributed by atoms with Crippen molar-refractivity contribution in [3.8, 4) is 0 Å². The Kier molecular flexibility index (Phi) is 5.06. The van der Waals surface area contributed by atoms with Gasteiger partial charge < -0.3 is 10.4 Å². The van der Waals surface area contributed by atoms with Crippen LogP contribution in [0.15, 0.2) is 11.6 Å². The van der Waals surface area contributed by atoms with Crippen LogP contribution in [-0.2, 0) is 0 Å². The van der Waals surface area contributed by atoms with E-state index in [1.54, 1.807) is 5.57 Å². The van der Waals surface area contributed by atoms with Crippen molar-refractivity contribution in [1.82, 2.24) is 5.32 Å². The first-order valence-electron chi connectivity index (χ1n) is 11.5. The second kappa shape index (κ2) is 6.92. The molecule has 0 unspecified atom stereocenters. The Morgan fingerprint density at radius 2 is 1.96 bits per heavy atom. The summed E-state index contributed by atoms with van der Waals surface area (Å²) in [4.78, 5) is 0. The Morgan fingerprint density at radius 3 is 2.73 bits per heavy atom. The van der Waals surface area contributed by atoms with Crippen molar-refractivity contribution >= 4 is 0 Å². The second-order valence-corrected chi connectivity index (χ2v) is 10.6. The second-order valence-electron chi connectivity index (χ2n) is 10.6. The first-order chi connectivity index (χ1) is 12.4. The average molecular weight is 360 g/mol. The monoisotopic (exact) mass is 359 g/mol. The number of rotatable bonds is 4. The van der Waals surface area contributed by atoms with E-state index in [-0.39, 0.29) is 6.10 Å². The maximum atomic E-state index is 10.2. The van der Waals surface area contributed by atoms with Gasteiger partial charge in [0.25, 0.3) is 0 Å². The summed E-state index contributed by atoms with van der Waals surface area (Å²) in [5, 5.41) is 14.0. The van der Waals surface area contributed by atoms with Gasteiger partial charge in [-0.1, -0.05) is 32.4 Å². The van der Waals surface area contributed by atoms with E-state index >= 15 is 0 Å². The zero-order valence-corrected chi connectivity index (χ0v) is 17.6. The molecule has 4 aliphatic carbocycles. The number of fused-ring (bicyclic) bond motifs is 5. The molecule has 148 valence electrons. The van der Waals surface area contributed by atoms with Gasteiger partial charge in [0.2, 0.25) is 0 Å². The van der Waals surface area contributed by atoms with Crippen LogP contribution < -0.4 is 5.32 Å². The van der Waals surface area contributed by atoms with Gasteiger partial charge in [0.05, 0.1) is 6.10 Å². The molecule has 0 aromatic carbocycles. The van der Waals surface area contributed by atoms with Crippen molar-refractivity contribution in [3.63, 3.8) is 0 Å². The van der Waals surface area contributed by atoms with Gasteiger partial charge in [-0.25, -0.2) is 0 Å². The molecule has 0 aliphatic heterocycles. The molecule has 2 heteroatoms. The van der Waals surface area contributed by atoms with Crippen molar-refractivity contribution in [1.29, 1.82) is 0 Å². The number of aliphatic hydroxyl groups is 1. The molecule has 0 bridgehead atoms. The third-order valence-electron chi connectivity index (χ3n) is 9.47. The Bertz CT molecular complexity index is 556. The maximum absolute atomic E-state index is 10.2. The Labute approximate surface area is 161 Å². The molecule has 2 N–H and O–H groups in total. The van der Waals surface area contributed by atoms with E-state index in [9.17, 15) is 5.11 Å². The van der Waals surface area contributed by atoms with Crippen molar-refractivity contribution in [3.05, 3.63) is 11.6 Å². The molecule has 0 aromatic heterocycles. The number of aliphatic hydroxyl groups excluding tert-OH is 1. The maximum Gasteiger partial charge on any atom is 0.0577 e. The van der Waals surface area contributed by atoms with Crippen LogP contribution in [-0.4, -0.2) is 23.8 Å². The summed E-state index contributed by atoms with van der Waals surface area (Å²) in [6.07, 6.45) is 13.9. The van der Waals surface area contributed by atoms with E-state index in [0.29, 0.717) is 16.9 Å². The summed E-state index contributed by atoms with van der Waals surface area (Å²) >= 11 is 0. The molecule has 4 aliphatic rings. The summed E-state index contributed by atoms with van der Waals surface area (Å²) in [5.74, 6) is 3.52. The predicted molar refractivity (Wildman–Crippen MR) is 109 cm³/mol. The van der Waals surface area contributed by atoms with Gasteiger partial charge in [-0.2, -0.15) is 0 Å². The van der Waals surface area contributed by atoms with Gasteiger partial charge in [0.1, 0.15) is 0 Å². The van der Waals surface area contributed by atoms with E-state index in [0.717, 1.165) is 43.1 Å². The molecule has 0 heterocycles. The van der Waals surface area contributed by atoms with Crippen molar-refractivity contribution in [2.45, 2.75) is 97.6 Å². The molecule has 0 spiro atoms. The Hall–Kier alpha value is -0.340. The van der Waals surface area contributed by atoms with Crippen LogP contribution in [0.3, 0.4) is 0 Å². The molecule has 0 radical (unpaired) electrons. The quantitative estimate of drug-likeness (QED) is 0.666. The summed E-state index contributed by atoms with van der Waals surface area (Å²) in [7, 11) is 0. The highest BCUT2D eigenvalue weighted by atomic mass is 16.3. The molecule has 2 nitrogen and oxygen atoms in total. The van der Waals surface area contributed by atoms with Crippen LogP contribution in [0.25, 0.3) is 0 Å². The van der Waals surface area contributed by atoms with Gasteiger partial charge in [-0.05, 0) is 106 Å². The van der Waals surface area contributed by atoms with Crippen LogP contribution in [0, 0.1) is 34.5 Å². The molecular formula is C24H41NO. The van der Waals surface area contributed by atoms with Crippen molar-refractivity contribution in [2.75, 3.05) is 6.54 Å². The fourth-order valence-corrected chi connectivity index (χ4v) is 8.02. The summed E-state index contributed by atoms with van der Waals surface area (Å²) in [6, 6.07) is 0.664. The Balaban J connectivity index is 1.56. The smallest absolute Gasteiger partial charge is 0.0577 e. The summed E-state index contributed by atoms with van der Waals surface area (Å²) < 4.78 is 0. The van der Waals surface area contributed by atoms with Crippen LogP contribution in [0.4, 0.5) is 0 Å². The third-order valence-corrected chi connectivity index (χ3v) is 9.47. The standard InChI is InChI=1S/C24H41NO/c1-5-14-25-16(2)20-8-9-21-19-7-6-17-15-18(26)10-12-23(17,3)22(19)11-13-24(20,21)4/h6,16,18-22,25-26H,5,7-15H2,1-4H3/t16-,18+,19+,20-,21+,22+,23+,24-/m1/s1. The SMILES string of the molecule is CCCN[C@H](C)[C@H]1CC[C@H]2[C@@H]3CC=C4C[C@@H](O)CC[C@]4(C)[C@H]3CC[C@]12C. The molecule has 0 aromatic rings. The van der Waals surface area contributed by atoms with Crippen LogP contribution in [0.2, 0.25) is 0 Å². The van der Waals surface area contributed by atoms with E-state index in [4.69, 9.17) is 0 Å². The van der Waals surface area contributed by atoms with E-state index in [2.05, 4.69) is 39.1 Å². The van der Waals surface area contributed by atoms with E-state index in [1.165, 1.54) is 44.9 Å². The lowest BCUT2D eigenvalue weighted by atomic mass is 9.47. The highest BCUT2D eigenvalue weighted by molar-refractivity contribution is 5.25. The van der Waals surface area contributed by atoms with Gasteiger partial charge in [-0.15, -0.1) is 0 Å². The highest BCUT2D eigenvalue weighted by Crippen LogP contribution is 2.66. The largest absolute Gasteiger partial charge is 0.393 e. The van der Waals surface area contributed by atoms with Crippen LogP contribution in [0.1, 0.15) is 85.5 Å². The molecule has 0 amide bonds. The zero-order chi connectivity index (χ0) is 18.5. The van der Waals surface area contributed by atoms with Crippen LogP contribution >= 0.6 is 0 Å². The number of hydrogen-bond acceptors (Lipinski definition) is 2. The third kappa shape index (κ3) is 2.82. The normalized spacial score (nSPS) is 49.0. The fourth-order valence-electron chi connectivity index (χ4n) is 8.02. The lowest BCUT2D eigenvalue weighted by Crippen LogP contribution is -2.52. The lowest BCUT2D eigenvalue weighted by Gasteiger charge is -2.58. The first kappa shape index (κ1) is 19.0. The highest BCUT2D eigenvalue weighted by Gasteiger charge is 2.59. The molecule has 8 atom stereocenters. The van der Waals surface area contributed by atoms with Crippen molar-refractivity contribution in [2.24, 2.45) is 34.5 Å². The van der Waals surface area contributed by atoms with E-state index in [1.807, 2.05) is 0 Å². The van der Waals surface area contributed by atoms with Gasteiger partial charge in [-0.3, -0.25) is 0 Å². The topological polar surface area (TPSA) is 32.3 Å². The predicted octanol–water partition coefficient (Wildman–Crippen LogP) is 5.31. The lowest BCUT2D eigenvalue weighted by molar-refractivity contribution is -0.0535. The molecule has 0 saturated heterocycles. The number of hydrogen-bond donors (Lipinski definition) is 2. The molecule has 26 heavy (non-hydrogen) atoms. The fraction of sp³-hybridized carbons (Fsp3) is 0.917. The van der Waals surface area contributed by atoms with Gasteiger partial charge in [0.15, 0.2) is 0 Å². The summed E-state index contributed by atoms with van der Waals surface area (Å²) in [6.45, 7) is 11.1. The molecule has 3 fully saturated rings. The first-order valence-corrected chi connectivity index (χ1v) is 11.5. The molecule has 4 rings (SSSR count). The average Bonchev–Trinajstić information content (AvgIpc) is 2.97. The minimum atomic E-state index is -0.0823. The summed E-state index contributed by atoms with van der Waals surface area (Å²) in [5.41, 5.74) is 2.53. The minimum Gasteiger partial charge on any atom is -0.393 e.